The van der Waals surface area contributed by atoms with Crippen LogP contribution in [0.2, 0.25) is 0 Å². The number of nitrogens with zero attached hydrogens (tertiary/aromatic N) is 2. The summed E-state index contributed by atoms with van der Waals surface area (Å²) in [7, 11) is 0. The maximum Gasteiger partial charge on any atom is 0.331 e. The molecule has 1 aliphatic rings. The van der Waals surface area contributed by atoms with Crippen LogP contribution in [0.4, 0.5) is 5.69 Å². The molecule has 0 radical (unpaired) electrons. The molecule has 0 atom stereocenters. The Morgan fingerprint density at radius 2 is 1.78 bits per heavy atom. The van der Waals surface area contributed by atoms with Crippen molar-refractivity contribution in [2.45, 2.75) is 20.3 Å². The van der Waals surface area contributed by atoms with Gasteiger partial charge in [0, 0.05) is 19.1 Å². The predicted octanol–water partition coefficient (Wildman–Crippen LogP) is 3.45. The van der Waals surface area contributed by atoms with Crippen LogP contribution in [0.25, 0.3) is 11.1 Å². The fourth-order valence-electron chi connectivity index (χ4n) is 2.68. The lowest BCUT2D eigenvalue weighted by Gasteiger charge is -2.05. The van der Waals surface area contributed by atoms with E-state index < -0.39 is 10.9 Å². The zero-order valence-electron chi connectivity index (χ0n) is 12.7. The number of hydrogen-bond acceptors (Lipinski definition) is 5. The molecule has 0 aromatic heterocycles. The van der Waals surface area contributed by atoms with Gasteiger partial charge in [-0.25, -0.2) is 4.79 Å². The van der Waals surface area contributed by atoms with Crippen LogP contribution in [0.1, 0.15) is 30.5 Å². The molecule has 1 aliphatic carbocycles. The summed E-state index contributed by atoms with van der Waals surface area (Å²) in [5.41, 5.74) is 5.47. The molecule has 0 fully saturated rings. The second-order valence-electron chi connectivity index (χ2n) is 5.41. The molecule has 116 valence electrons. The van der Waals surface area contributed by atoms with Gasteiger partial charge in [0.15, 0.2) is 0 Å². The van der Waals surface area contributed by atoms with Crippen LogP contribution in [-0.2, 0) is 16.1 Å². The molecule has 0 bridgehead atoms. The van der Waals surface area contributed by atoms with Crippen molar-refractivity contribution in [1.29, 1.82) is 0 Å². The van der Waals surface area contributed by atoms with E-state index in [1.165, 1.54) is 13.0 Å². The quantitative estimate of drug-likeness (QED) is 0.321. The minimum Gasteiger partial charge on any atom is -0.318 e. The zero-order chi connectivity index (χ0) is 16.6. The molecular weight excluding hydrogens is 296 g/mol. The summed E-state index contributed by atoms with van der Waals surface area (Å²) in [4.78, 5) is 26.1. The molecule has 23 heavy (non-hydrogen) atoms. The highest BCUT2D eigenvalue weighted by Gasteiger charge is 2.21. The number of fused-ring (bicyclic) bond motifs is 3. The maximum atomic E-state index is 11.0. The van der Waals surface area contributed by atoms with Crippen LogP contribution in [0.15, 0.2) is 41.6 Å². The number of nitro groups is 1. The second kappa shape index (κ2) is 5.64. The molecule has 0 unspecified atom stereocenters. The van der Waals surface area contributed by atoms with Gasteiger partial charge >= 0.3 is 5.97 Å². The van der Waals surface area contributed by atoms with Crippen molar-refractivity contribution >= 4 is 17.4 Å². The fourth-order valence-corrected chi connectivity index (χ4v) is 2.68. The van der Waals surface area contributed by atoms with E-state index in [4.69, 9.17) is 0 Å². The van der Waals surface area contributed by atoms with Gasteiger partial charge < -0.3 is 4.84 Å². The van der Waals surface area contributed by atoms with E-state index in [1.807, 2.05) is 18.2 Å². The van der Waals surface area contributed by atoms with Crippen molar-refractivity contribution in [3.8, 4) is 11.1 Å². The largest absolute Gasteiger partial charge is 0.331 e. The van der Waals surface area contributed by atoms with Gasteiger partial charge in [0.1, 0.15) is 0 Å². The average molecular weight is 310 g/mol. The van der Waals surface area contributed by atoms with Gasteiger partial charge in [0.2, 0.25) is 0 Å². The highest BCUT2D eigenvalue weighted by Crippen LogP contribution is 2.39. The number of carbonyl (C=O) groups is 1. The standard InChI is InChI=1S/C17H14N2O4/c1-10(18-23-11(2)20)12-3-4-13-7-14-5-6-15(19(21)22)9-17(14)16(13)8-12/h3-6,8-9H,7H2,1-2H3/b18-10+. The van der Waals surface area contributed by atoms with E-state index >= 15 is 0 Å². The Hall–Kier alpha value is -3.02. The van der Waals surface area contributed by atoms with E-state index in [0.29, 0.717) is 5.71 Å². The number of rotatable bonds is 3. The first-order valence-corrected chi connectivity index (χ1v) is 7.09. The molecule has 0 aliphatic heterocycles. The van der Waals surface area contributed by atoms with Gasteiger partial charge in [0.25, 0.3) is 5.69 Å². The smallest absolute Gasteiger partial charge is 0.318 e. The van der Waals surface area contributed by atoms with Gasteiger partial charge in [-0.15, -0.1) is 0 Å². The van der Waals surface area contributed by atoms with Crippen molar-refractivity contribution < 1.29 is 14.6 Å². The normalized spacial score (nSPS) is 12.5. The summed E-state index contributed by atoms with van der Waals surface area (Å²) < 4.78 is 0. The summed E-state index contributed by atoms with van der Waals surface area (Å²) in [6.45, 7) is 3.03. The molecule has 0 spiro atoms. The van der Waals surface area contributed by atoms with Crippen molar-refractivity contribution in [1.82, 2.24) is 0 Å². The highest BCUT2D eigenvalue weighted by atomic mass is 16.7. The maximum absolute atomic E-state index is 11.0. The first kappa shape index (κ1) is 14.9. The van der Waals surface area contributed by atoms with E-state index in [-0.39, 0.29) is 5.69 Å². The molecule has 0 N–H and O–H groups in total. The number of benzene rings is 2. The number of oxime groups is 1. The Morgan fingerprint density at radius 1 is 1.13 bits per heavy atom. The Morgan fingerprint density at radius 3 is 2.43 bits per heavy atom. The molecular formula is C17H14N2O4. The molecule has 2 aromatic rings. The minimum absolute atomic E-state index is 0.0762. The third kappa shape index (κ3) is 2.83. The Kier molecular flexibility index (Phi) is 3.65. The summed E-state index contributed by atoms with van der Waals surface area (Å²) in [6.07, 6.45) is 0.753. The van der Waals surface area contributed by atoms with Crippen molar-refractivity contribution in [2.24, 2.45) is 5.16 Å². The molecule has 0 saturated heterocycles. The minimum atomic E-state index is -0.480. The van der Waals surface area contributed by atoms with Gasteiger partial charge in [-0.2, -0.15) is 0 Å². The lowest BCUT2D eigenvalue weighted by atomic mass is 10.0. The van der Waals surface area contributed by atoms with Crippen LogP contribution < -0.4 is 0 Å². The highest BCUT2D eigenvalue weighted by molar-refractivity contribution is 6.00. The molecule has 2 aromatic carbocycles. The topological polar surface area (TPSA) is 81.8 Å². The number of carbonyl (C=O) groups excluding carboxylic acids is 1. The zero-order valence-corrected chi connectivity index (χ0v) is 12.7. The van der Waals surface area contributed by atoms with Crippen molar-refractivity contribution in [2.75, 3.05) is 0 Å². The van der Waals surface area contributed by atoms with E-state index in [1.54, 1.807) is 19.1 Å². The predicted molar refractivity (Wildman–Crippen MR) is 85.3 cm³/mol. The third-order valence-corrected chi connectivity index (χ3v) is 3.81. The van der Waals surface area contributed by atoms with Crippen LogP contribution in [0.5, 0.6) is 0 Å². The molecule has 0 heterocycles. The lowest BCUT2D eigenvalue weighted by molar-refractivity contribution is -0.384. The monoisotopic (exact) mass is 310 g/mol. The molecule has 6 nitrogen and oxygen atoms in total. The Bertz CT molecular complexity index is 856. The van der Waals surface area contributed by atoms with E-state index in [0.717, 1.165) is 34.2 Å². The summed E-state index contributed by atoms with van der Waals surface area (Å²) in [6, 6.07) is 10.7. The molecule has 0 amide bonds. The SMILES string of the molecule is CC(=O)O/N=C(\C)c1ccc2c(c1)-c1cc([N+](=O)[O-])ccc1C2. The first-order valence-electron chi connectivity index (χ1n) is 7.09. The number of non-ortho nitro benzene ring substituents is 1. The Labute approximate surface area is 132 Å². The lowest BCUT2D eigenvalue weighted by Crippen LogP contribution is -2.00. The molecule has 6 heteroatoms. The Balaban J connectivity index is 2.03. The van der Waals surface area contributed by atoms with Gasteiger partial charge in [-0.1, -0.05) is 23.4 Å². The van der Waals surface area contributed by atoms with Crippen molar-refractivity contribution in [3.05, 3.63) is 63.2 Å². The van der Waals surface area contributed by atoms with Crippen LogP contribution in [0.3, 0.4) is 0 Å². The van der Waals surface area contributed by atoms with E-state index in [9.17, 15) is 14.9 Å². The third-order valence-electron chi connectivity index (χ3n) is 3.81. The molecule has 3 rings (SSSR count). The second-order valence-corrected chi connectivity index (χ2v) is 5.41. The number of hydrogen-bond donors (Lipinski definition) is 0. The average Bonchev–Trinajstić information content (AvgIpc) is 2.89. The van der Waals surface area contributed by atoms with Gasteiger partial charge in [0.05, 0.1) is 10.6 Å². The summed E-state index contributed by atoms with van der Waals surface area (Å²) in [5.74, 6) is -0.480. The molecule has 0 saturated carbocycles. The van der Waals surface area contributed by atoms with Crippen molar-refractivity contribution in [3.63, 3.8) is 0 Å². The van der Waals surface area contributed by atoms with E-state index in [2.05, 4.69) is 9.99 Å². The fraction of sp³-hybridized carbons (Fsp3) is 0.176. The van der Waals surface area contributed by atoms with Crippen LogP contribution in [-0.4, -0.2) is 16.6 Å². The summed E-state index contributed by atoms with van der Waals surface area (Å²) >= 11 is 0. The van der Waals surface area contributed by atoms with Crippen LogP contribution >= 0.6 is 0 Å². The van der Waals surface area contributed by atoms with Crippen LogP contribution in [0, 0.1) is 10.1 Å². The first-order chi connectivity index (χ1) is 11.0. The number of nitro benzene ring substituents is 1. The summed E-state index contributed by atoms with van der Waals surface area (Å²) in [5, 5.41) is 14.8. The van der Waals surface area contributed by atoms with Gasteiger partial charge in [-0.05, 0) is 47.2 Å². The van der Waals surface area contributed by atoms with Gasteiger partial charge in [-0.3, -0.25) is 10.1 Å².